The van der Waals surface area contributed by atoms with Crippen LogP contribution in [0.4, 0.5) is 0 Å². The van der Waals surface area contributed by atoms with Crippen LogP contribution in [-0.4, -0.2) is 25.6 Å². The highest BCUT2D eigenvalue weighted by Gasteiger charge is 2.41. The lowest BCUT2D eigenvalue weighted by molar-refractivity contribution is 0.101. The molecule has 0 aromatic heterocycles. The molecule has 0 amide bonds. The van der Waals surface area contributed by atoms with Crippen LogP contribution in [0.5, 0.6) is 0 Å². The van der Waals surface area contributed by atoms with Gasteiger partial charge < -0.3 is 4.43 Å². The van der Waals surface area contributed by atoms with Crippen LogP contribution in [0.15, 0.2) is 4.99 Å². The summed E-state index contributed by atoms with van der Waals surface area (Å²) in [5, 5.41) is 2.62. The normalized spacial score (nSPS) is 13.5. The van der Waals surface area contributed by atoms with Gasteiger partial charge in [-0.2, -0.15) is 0 Å². The molecular formula is C11H23NOSSi. The summed E-state index contributed by atoms with van der Waals surface area (Å²) in [6.45, 7) is 15.9. The fraction of sp³-hybridized carbons (Fsp3) is 0.909. The molecule has 0 bridgehead atoms. The third-order valence-electron chi connectivity index (χ3n) is 2.86. The molecule has 88 valence electrons. The highest BCUT2D eigenvalue weighted by Crippen LogP contribution is 2.39. The summed E-state index contributed by atoms with van der Waals surface area (Å²) in [6.07, 6.45) is 0. The fourth-order valence-corrected chi connectivity index (χ4v) is 2.92. The Bertz CT molecular complexity index is 262. The van der Waals surface area contributed by atoms with Crippen LogP contribution >= 0.6 is 12.2 Å². The van der Waals surface area contributed by atoms with E-state index in [1.54, 1.807) is 0 Å². The van der Waals surface area contributed by atoms with Crippen molar-refractivity contribution in [3.05, 3.63) is 0 Å². The molecule has 0 aliphatic rings. The van der Waals surface area contributed by atoms with E-state index in [0.717, 1.165) is 0 Å². The number of aliphatic imine (C=N–C) groups is 1. The summed E-state index contributed by atoms with van der Waals surface area (Å²) in [4.78, 5) is 3.97. The molecule has 0 radical (unpaired) electrons. The van der Waals surface area contributed by atoms with Crippen LogP contribution in [0.25, 0.3) is 0 Å². The molecule has 0 unspecified atom stereocenters. The first-order valence-corrected chi connectivity index (χ1v) is 8.57. The zero-order valence-electron chi connectivity index (χ0n) is 11.0. The van der Waals surface area contributed by atoms with Crippen molar-refractivity contribution in [3.8, 4) is 0 Å². The van der Waals surface area contributed by atoms with E-state index in [1.807, 2.05) is 0 Å². The third kappa shape index (κ3) is 5.02. The van der Waals surface area contributed by atoms with E-state index < -0.39 is 8.32 Å². The summed E-state index contributed by atoms with van der Waals surface area (Å²) in [6, 6.07) is 0. The Morgan fingerprint density at radius 2 is 1.67 bits per heavy atom. The molecule has 0 saturated heterocycles. The van der Waals surface area contributed by atoms with E-state index in [1.165, 1.54) is 0 Å². The van der Waals surface area contributed by atoms with Gasteiger partial charge in [-0.3, -0.25) is 0 Å². The van der Waals surface area contributed by atoms with E-state index in [4.69, 9.17) is 4.43 Å². The van der Waals surface area contributed by atoms with Crippen molar-refractivity contribution < 1.29 is 4.43 Å². The van der Waals surface area contributed by atoms with Crippen molar-refractivity contribution in [1.29, 1.82) is 0 Å². The Kier molecular flexibility index (Phi) is 4.87. The minimum Gasteiger partial charge on any atom is -0.410 e. The maximum Gasteiger partial charge on any atom is 0.192 e. The molecule has 4 heteroatoms. The third-order valence-corrected chi connectivity index (χ3v) is 7.67. The SMILES string of the molecule is CC(C)(CN=C=S)O[Si](C)(C)C(C)(C)C. The lowest BCUT2D eigenvalue weighted by atomic mass is 10.1. The van der Waals surface area contributed by atoms with Crippen LogP contribution in [0.3, 0.4) is 0 Å². The van der Waals surface area contributed by atoms with Gasteiger partial charge >= 0.3 is 0 Å². The quantitative estimate of drug-likeness (QED) is 0.426. The van der Waals surface area contributed by atoms with Crippen molar-refractivity contribution in [3.63, 3.8) is 0 Å². The van der Waals surface area contributed by atoms with Gasteiger partial charge in [-0.25, -0.2) is 4.99 Å². The molecular weight excluding hydrogens is 222 g/mol. The first-order chi connectivity index (χ1) is 6.52. The van der Waals surface area contributed by atoms with E-state index in [9.17, 15) is 0 Å². The first-order valence-electron chi connectivity index (χ1n) is 5.26. The largest absolute Gasteiger partial charge is 0.410 e. The van der Waals surface area contributed by atoms with Gasteiger partial charge in [-0.1, -0.05) is 20.8 Å². The molecule has 15 heavy (non-hydrogen) atoms. The Balaban J connectivity index is 4.64. The van der Waals surface area contributed by atoms with Crippen LogP contribution in [0, 0.1) is 0 Å². The standard InChI is InChI=1S/C11H23NOSSi/c1-10(2,3)15(6,7)13-11(4,5)8-12-9-14/h8H2,1-7H3. The zero-order chi connectivity index (χ0) is 12.3. The van der Waals surface area contributed by atoms with Crippen LogP contribution in [0.1, 0.15) is 34.6 Å². The molecule has 0 aliphatic heterocycles. The lowest BCUT2D eigenvalue weighted by Crippen LogP contribution is -2.48. The molecule has 0 N–H and O–H groups in total. The topological polar surface area (TPSA) is 21.6 Å². The molecule has 0 rings (SSSR count). The van der Waals surface area contributed by atoms with Gasteiger partial charge in [-0.15, -0.1) is 0 Å². The minimum atomic E-state index is -1.71. The lowest BCUT2D eigenvalue weighted by Gasteiger charge is -2.42. The molecule has 0 fully saturated rings. The van der Waals surface area contributed by atoms with Crippen molar-refractivity contribution >= 4 is 25.7 Å². The molecule has 0 saturated carbocycles. The van der Waals surface area contributed by atoms with Gasteiger partial charge in [-0.05, 0) is 44.2 Å². The van der Waals surface area contributed by atoms with E-state index in [-0.39, 0.29) is 10.6 Å². The van der Waals surface area contributed by atoms with Crippen molar-refractivity contribution in [2.75, 3.05) is 6.54 Å². The number of isothiocyanates is 1. The minimum absolute atomic E-state index is 0.228. The van der Waals surface area contributed by atoms with Gasteiger partial charge in [0.2, 0.25) is 0 Å². The van der Waals surface area contributed by atoms with Gasteiger partial charge in [0.05, 0.1) is 17.3 Å². The molecule has 0 heterocycles. The maximum atomic E-state index is 6.25. The fourth-order valence-electron chi connectivity index (χ4n) is 1.10. The van der Waals surface area contributed by atoms with Gasteiger partial charge in [0.25, 0.3) is 0 Å². The van der Waals surface area contributed by atoms with Gasteiger partial charge in [0.1, 0.15) is 0 Å². The zero-order valence-corrected chi connectivity index (χ0v) is 12.8. The number of rotatable bonds is 4. The highest BCUT2D eigenvalue weighted by molar-refractivity contribution is 7.78. The number of hydrogen-bond acceptors (Lipinski definition) is 3. The summed E-state index contributed by atoms with van der Waals surface area (Å²) in [5.74, 6) is 0. The van der Waals surface area contributed by atoms with Crippen molar-refractivity contribution in [2.45, 2.75) is 58.4 Å². The smallest absolute Gasteiger partial charge is 0.192 e. The van der Waals surface area contributed by atoms with Gasteiger partial charge in [0, 0.05) is 0 Å². The molecule has 0 atom stereocenters. The Hall–Kier alpha value is -0.0231. The van der Waals surface area contributed by atoms with Crippen LogP contribution < -0.4 is 0 Å². The Morgan fingerprint density at radius 3 is 2.00 bits per heavy atom. The molecule has 0 aromatic rings. The Morgan fingerprint density at radius 1 is 1.20 bits per heavy atom. The molecule has 0 aliphatic carbocycles. The van der Waals surface area contributed by atoms with E-state index >= 15 is 0 Å². The highest BCUT2D eigenvalue weighted by atomic mass is 32.1. The van der Waals surface area contributed by atoms with E-state index in [0.29, 0.717) is 6.54 Å². The summed E-state index contributed by atoms with van der Waals surface area (Å²) >= 11 is 4.57. The second kappa shape index (κ2) is 4.87. The predicted octanol–water partition coefficient (Wildman–Crippen LogP) is 3.89. The average Bonchev–Trinajstić information content (AvgIpc) is 1.96. The Labute approximate surface area is 100 Å². The average molecular weight is 245 g/mol. The van der Waals surface area contributed by atoms with Crippen molar-refractivity contribution in [2.24, 2.45) is 4.99 Å². The second-order valence-electron chi connectivity index (χ2n) is 6.03. The molecule has 0 aromatic carbocycles. The first kappa shape index (κ1) is 15.0. The molecule has 2 nitrogen and oxygen atoms in total. The molecule has 0 spiro atoms. The number of hydrogen-bond donors (Lipinski definition) is 0. The number of nitrogens with zero attached hydrogens (tertiary/aromatic N) is 1. The van der Waals surface area contributed by atoms with Crippen LogP contribution in [0.2, 0.25) is 18.1 Å². The van der Waals surface area contributed by atoms with E-state index in [2.05, 4.69) is 70.1 Å². The monoisotopic (exact) mass is 245 g/mol. The maximum absolute atomic E-state index is 6.25. The summed E-state index contributed by atoms with van der Waals surface area (Å²) < 4.78 is 6.25. The van der Waals surface area contributed by atoms with Crippen molar-refractivity contribution in [1.82, 2.24) is 0 Å². The predicted molar refractivity (Wildman–Crippen MR) is 72.3 cm³/mol. The van der Waals surface area contributed by atoms with Gasteiger partial charge in [0.15, 0.2) is 8.32 Å². The number of thiocarbonyl (C=S) groups is 1. The summed E-state index contributed by atoms with van der Waals surface area (Å²) in [5.41, 5.74) is -0.241. The summed E-state index contributed by atoms with van der Waals surface area (Å²) in [7, 11) is -1.71. The second-order valence-corrected chi connectivity index (χ2v) is 10.9. The van der Waals surface area contributed by atoms with Crippen LogP contribution in [-0.2, 0) is 4.43 Å².